The zero-order chi connectivity index (χ0) is 13.7. The molecule has 0 saturated heterocycles. The highest BCUT2D eigenvalue weighted by Crippen LogP contribution is 2.24. The molecule has 0 bridgehead atoms. The number of nitrogens with zero attached hydrogens (tertiary/aromatic N) is 1. The van der Waals surface area contributed by atoms with Gasteiger partial charge in [-0.3, -0.25) is 10.2 Å². The van der Waals surface area contributed by atoms with Gasteiger partial charge in [0.15, 0.2) is 0 Å². The maximum absolute atomic E-state index is 11.9. The van der Waals surface area contributed by atoms with Crippen LogP contribution in [0.1, 0.15) is 30.9 Å². The van der Waals surface area contributed by atoms with Crippen LogP contribution < -0.4 is 10.2 Å². The van der Waals surface area contributed by atoms with Crippen LogP contribution >= 0.6 is 0 Å². The molecule has 4 nitrogen and oxygen atoms in total. The second-order valence-corrected chi connectivity index (χ2v) is 4.55. The van der Waals surface area contributed by atoms with E-state index in [1.807, 2.05) is 39.0 Å². The van der Waals surface area contributed by atoms with E-state index >= 15 is 0 Å². The van der Waals surface area contributed by atoms with Gasteiger partial charge in [-0.15, -0.1) is 0 Å². The van der Waals surface area contributed by atoms with Gasteiger partial charge in [-0.2, -0.15) is 0 Å². The highest BCUT2D eigenvalue weighted by atomic mass is 16.5. The Balaban J connectivity index is 2.83. The van der Waals surface area contributed by atoms with Crippen molar-refractivity contribution in [3.63, 3.8) is 0 Å². The molecule has 0 spiro atoms. The quantitative estimate of drug-likeness (QED) is 0.814. The third kappa shape index (κ3) is 3.74. The number of ether oxygens (including phenoxy) is 1. The Morgan fingerprint density at radius 1 is 1.44 bits per heavy atom. The molecule has 1 rings (SSSR count). The van der Waals surface area contributed by atoms with Gasteiger partial charge in [0, 0.05) is 14.1 Å². The standard InChI is InChI=1S/C14H22N2O2/c1-6-18-13-8-7-12(9-10(13)2)11(3)14(17)15-16(4)5/h7-9,11H,6H2,1-5H3,(H,15,17). The van der Waals surface area contributed by atoms with Crippen molar-refractivity contribution >= 4 is 5.91 Å². The van der Waals surface area contributed by atoms with Crippen LogP contribution in [0.15, 0.2) is 18.2 Å². The molecule has 0 aliphatic heterocycles. The number of benzene rings is 1. The van der Waals surface area contributed by atoms with Crippen molar-refractivity contribution in [1.29, 1.82) is 0 Å². The van der Waals surface area contributed by atoms with Crippen molar-refractivity contribution in [3.8, 4) is 5.75 Å². The Labute approximate surface area is 109 Å². The lowest BCUT2D eigenvalue weighted by Gasteiger charge is -2.18. The lowest BCUT2D eigenvalue weighted by Crippen LogP contribution is -2.38. The third-order valence-electron chi connectivity index (χ3n) is 2.73. The van der Waals surface area contributed by atoms with Crippen LogP contribution in [0.25, 0.3) is 0 Å². The number of aryl methyl sites for hydroxylation is 1. The summed E-state index contributed by atoms with van der Waals surface area (Å²) in [6, 6.07) is 5.87. The molecule has 4 heteroatoms. The number of carbonyl (C=O) groups is 1. The Morgan fingerprint density at radius 2 is 2.11 bits per heavy atom. The highest BCUT2D eigenvalue weighted by Gasteiger charge is 2.16. The first kappa shape index (κ1) is 14.5. The van der Waals surface area contributed by atoms with Crippen LogP contribution in [0.4, 0.5) is 0 Å². The van der Waals surface area contributed by atoms with E-state index in [9.17, 15) is 4.79 Å². The van der Waals surface area contributed by atoms with Crippen LogP contribution in [0.2, 0.25) is 0 Å². The van der Waals surface area contributed by atoms with Crippen LogP contribution in [-0.2, 0) is 4.79 Å². The van der Waals surface area contributed by atoms with Crippen molar-refractivity contribution in [2.24, 2.45) is 0 Å². The van der Waals surface area contributed by atoms with Crippen molar-refractivity contribution in [3.05, 3.63) is 29.3 Å². The number of carbonyl (C=O) groups excluding carboxylic acids is 1. The van der Waals surface area contributed by atoms with Crippen LogP contribution in [0, 0.1) is 6.92 Å². The molecule has 0 aliphatic rings. The first-order valence-electron chi connectivity index (χ1n) is 6.16. The molecule has 1 aromatic carbocycles. The summed E-state index contributed by atoms with van der Waals surface area (Å²) in [4.78, 5) is 11.9. The lowest BCUT2D eigenvalue weighted by molar-refractivity contribution is -0.125. The highest BCUT2D eigenvalue weighted by molar-refractivity contribution is 5.82. The maximum atomic E-state index is 11.9. The molecule has 100 valence electrons. The molecule has 1 unspecified atom stereocenters. The zero-order valence-electron chi connectivity index (χ0n) is 11.8. The summed E-state index contributed by atoms with van der Waals surface area (Å²) in [5, 5.41) is 1.65. The molecule has 18 heavy (non-hydrogen) atoms. The SMILES string of the molecule is CCOc1ccc(C(C)C(=O)NN(C)C)cc1C. The third-order valence-corrected chi connectivity index (χ3v) is 2.73. The molecule has 0 aliphatic carbocycles. The van der Waals surface area contributed by atoms with Gasteiger partial charge in [-0.1, -0.05) is 12.1 Å². The first-order chi connectivity index (χ1) is 8.45. The summed E-state index contributed by atoms with van der Waals surface area (Å²) >= 11 is 0. The van der Waals surface area contributed by atoms with E-state index in [-0.39, 0.29) is 11.8 Å². The van der Waals surface area contributed by atoms with Gasteiger partial charge in [0.1, 0.15) is 5.75 Å². The number of hydrogen-bond donors (Lipinski definition) is 1. The second kappa shape index (κ2) is 6.40. The first-order valence-corrected chi connectivity index (χ1v) is 6.16. The summed E-state index contributed by atoms with van der Waals surface area (Å²) in [6.07, 6.45) is 0. The summed E-state index contributed by atoms with van der Waals surface area (Å²) in [5.74, 6) is 0.687. The van der Waals surface area contributed by atoms with Crippen molar-refractivity contribution in [2.45, 2.75) is 26.7 Å². The van der Waals surface area contributed by atoms with Crippen LogP contribution in [0.5, 0.6) is 5.75 Å². The molecular weight excluding hydrogens is 228 g/mol. The molecule has 1 amide bonds. The van der Waals surface area contributed by atoms with Gasteiger partial charge in [-0.05, 0) is 38.0 Å². The average Bonchev–Trinajstić information content (AvgIpc) is 2.30. The minimum absolute atomic E-state index is 0.0106. The van der Waals surface area contributed by atoms with E-state index in [0.717, 1.165) is 16.9 Å². The maximum Gasteiger partial charge on any atom is 0.241 e. The van der Waals surface area contributed by atoms with E-state index in [0.29, 0.717) is 6.61 Å². The number of hydrazine groups is 1. The summed E-state index contributed by atoms with van der Waals surface area (Å²) < 4.78 is 5.49. The Hall–Kier alpha value is -1.55. The van der Waals surface area contributed by atoms with Crippen molar-refractivity contribution in [1.82, 2.24) is 10.4 Å². The largest absolute Gasteiger partial charge is 0.494 e. The van der Waals surface area contributed by atoms with Crippen LogP contribution in [-0.4, -0.2) is 31.6 Å². The minimum Gasteiger partial charge on any atom is -0.494 e. The summed E-state index contributed by atoms with van der Waals surface area (Å²) in [7, 11) is 3.60. The molecule has 1 atom stereocenters. The van der Waals surface area contributed by atoms with E-state index in [1.165, 1.54) is 0 Å². The van der Waals surface area contributed by atoms with Gasteiger partial charge < -0.3 is 4.74 Å². The van der Waals surface area contributed by atoms with Crippen molar-refractivity contribution < 1.29 is 9.53 Å². The van der Waals surface area contributed by atoms with E-state index in [1.54, 1.807) is 19.1 Å². The molecule has 0 aromatic heterocycles. The summed E-state index contributed by atoms with van der Waals surface area (Å²) in [5.41, 5.74) is 4.81. The normalized spacial score (nSPS) is 12.3. The van der Waals surface area contributed by atoms with Crippen molar-refractivity contribution in [2.75, 3.05) is 20.7 Å². The number of rotatable bonds is 5. The van der Waals surface area contributed by atoms with E-state index < -0.39 is 0 Å². The van der Waals surface area contributed by atoms with Gasteiger partial charge in [0.2, 0.25) is 5.91 Å². The number of hydrogen-bond acceptors (Lipinski definition) is 3. The average molecular weight is 250 g/mol. The number of amides is 1. The molecular formula is C14H22N2O2. The monoisotopic (exact) mass is 250 g/mol. The zero-order valence-corrected chi connectivity index (χ0v) is 11.8. The van der Waals surface area contributed by atoms with Crippen LogP contribution in [0.3, 0.4) is 0 Å². The molecule has 1 N–H and O–H groups in total. The Kier molecular flexibility index (Phi) is 5.16. The lowest BCUT2D eigenvalue weighted by atomic mass is 9.98. The predicted molar refractivity (Wildman–Crippen MR) is 72.6 cm³/mol. The predicted octanol–water partition coefficient (Wildman–Crippen LogP) is 2.09. The molecule has 1 aromatic rings. The van der Waals surface area contributed by atoms with Gasteiger partial charge in [-0.25, -0.2) is 5.01 Å². The fourth-order valence-electron chi connectivity index (χ4n) is 1.73. The van der Waals surface area contributed by atoms with Gasteiger partial charge in [0.25, 0.3) is 0 Å². The minimum atomic E-state index is -0.179. The number of nitrogens with one attached hydrogen (secondary N) is 1. The fraction of sp³-hybridized carbons (Fsp3) is 0.500. The molecule has 0 fully saturated rings. The van der Waals surface area contributed by atoms with Gasteiger partial charge in [0.05, 0.1) is 12.5 Å². The fourth-order valence-corrected chi connectivity index (χ4v) is 1.73. The second-order valence-electron chi connectivity index (χ2n) is 4.55. The Bertz CT molecular complexity index is 416. The van der Waals surface area contributed by atoms with E-state index in [2.05, 4.69) is 5.43 Å². The molecule has 0 saturated carbocycles. The Morgan fingerprint density at radius 3 is 2.61 bits per heavy atom. The topological polar surface area (TPSA) is 41.6 Å². The van der Waals surface area contributed by atoms with E-state index in [4.69, 9.17) is 4.74 Å². The molecule has 0 heterocycles. The smallest absolute Gasteiger partial charge is 0.241 e. The summed E-state index contributed by atoms with van der Waals surface area (Å²) in [6.45, 7) is 6.50. The van der Waals surface area contributed by atoms with Gasteiger partial charge >= 0.3 is 0 Å². The molecule has 0 radical (unpaired) electrons.